The first kappa shape index (κ1) is 43.6. The maximum absolute atomic E-state index is 4.02. The smallest absolute Gasteiger partial charge is 0.0542 e. The van der Waals surface area contributed by atoms with Crippen LogP contribution in [0.5, 0.6) is 0 Å². The molecule has 0 fully saturated rings. The fraction of sp³-hybridized carbons (Fsp3) is 0. The van der Waals surface area contributed by atoms with E-state index in [0.717, 1.165) is 101 Å². The molecule has 0 aliphatic heterocycles. The summed E-state index contributed by atoms with van der Waals surface area (Å²) in [5, 5.41) is 4.78. The lowest BCUT2D eigenvalue weighted by Crippen LogP contribution is -2.10. The Hall–Kier alpha value is -9.64. The molecule has 0 radical (unpaired) electrons. The molecule has 4 nitrogen and oxygen atoms in total. The molecule has 0 bridgehead atoms. The van der Waals surface area contributed by atoms with Gasteiger partial charge in [-0.05, 0) is 155 Å². The van der Waals surface area contributed by atoms with Crippen molar-refractivity contribution in [2.24, 2.45) is 0 Å². The second-order valence-corrected chi connectivity index (χ2v) is 18.1. The summed E-state index contributed by atoms with van der Waals surface area (Å²) in [6.45, 7) is 16.0. The SMILES string of the molecule is C=Cc1ccc(N(c2ccc(-c3ccc(N(c4ccc(C=C)cc4)c4ccc5c(c4)c4ccccc4n5-c4ccc(C=C)cc4)cc3)cc2)c2ccc3c(c2)c2ccccc2n3-c2ccc(C=C)cc2)cc1. The van der Waals surface area contributed by atoms with Crippen molar-refractivity contribution in [1.29, 1.82) is 0 Å². The molecule has 0 amide bonds. The molecule has 342 valence electrons. The predicted octanol–water partition coefficient (Wildman–Crippen LogP) is 19.1. The second-order valence-electron chi connectivity index (χ2n) is 18.1. The normalized spacial score (nSPS) is 11.3. The molecule has 4 heteroatoms. The zero-order valence-corrected chi connectivity index (χ0v) is 39.9. The van der Waals surface area contributed by atoms with Crippen molar-refractivity contribution in [1.82, 2.24) is 9.13 Å². The number of fused-ring (bicyclic) bond motifs is 6. The van der Waals surface area contributed by atoms with Crippen LogP contribution in [0.25, 0.3) is 90.4 Å². The van der Waals surface area contributed by atoms with Gasteiger partial charge in [0, 0.05) is 67.0 Å². The molecule has 12 aromatic rings. The third kappa shape index (κ3) is 7.68. The lowest BCUT2D eigenvalue weighted by atomic mass is 10.0. The van der Waals surface area contributed by atoms with E-state index in [4.69, 9.17) is 0 Å². The van der Waals surface area contributed by atoms with Crippen molar-refractivity contribution in [3.8, 4) is 22.5 Å². The van der Waals surface area contributed by atoms with Gasteiger partial charge >= 0.3 is 0 Å². The molecule has 0 saturated carbocycles. The van der Waals surface area contributed by atoms with Gasteiger partial charge < -0.3 is 18.9 Å². The number of hydrogen-bond acceptors (Lipinski definition) is 2. The van der Waals surface area contributed by atoms with Crippen molar-refractivity contribution in [2.75, 3.05) is 9.80 Å². The van der Waals surface area contributed by atoms with E-state index in [1.54, 1.807) is 0 Å². The summed E-state index contributed by atoms with van der Waals surface area (Å²) in [4.78, 5) is 4.68. The Morgan fingerprint density at radius 2 is 0.542 bits per heavy atom. The summed E-state index contributed by atoms with van der Waals surface area (Å²) < 4.78 is 4.71. The number of rotatable bonds is 13. The van der Waals surface area contributed by atoms with Crippen molar-refractivity contribution in [3.05, 3.63) is 279 Å². The number of benzene rings is 10. The van der Waals surface area contributed by atoms with Crippen LogP contribution >= 0.6 is 0 Å². The largest absolute Gasteiger partial charge is 0.310 e. The minimum absolute atomic E-state index is 1.06. The molecular weight excluding hydrogens is 873 g/mol. The highest BCUT2D eigenvalue weighted by molar-refractivity contribution is 6.12. The van der Waals surface area contributed by atoms with Gasteiger partial charge in [-0.25, -0.2) is 0 Å². The molecule has 72 heavy (non-hydrogen) atoms. The Bertz CT molecular complexity index is 3740. The monoisotopic (exact) mass is 922 g/mol. The highest BCUT2D eigenvalue weighted by atomic mass is 15.1. The van der Waals surface area contributed by atoms with Gasteiger partial charge in [-0.15, -0.1) is 0 Å². The summed E-state index contributed by atoms with van der Waals surface area (Å²) in [7, 11) is 0. The predicted molar refractivity (Wildman–Crippen MR) is 310 cm³/mol. The number of anilines is 6. The van der Waals surface area contributed by atoms with Crippen LogP contribution < -0.4 is 9.80 Å². The van der Waals surface area contributed by atoms with Gasteiger partial charge in [-0.2, -0.15) is 0 Å². The van der Waals surface area contributed by atoms with Gasteiger partial charge in [0.25, 0.3) is 0 Å². The highest BCUT2D eigenvalue weighted by Crippen LogP contribution is 2.43. The Labute approximate surface area is 420 Å². The van der Waals surface area contributed by atoms with E-state index < -0.39 is 0 Å². The zero-order chi connectivity index (χ0) is 48.7. The Morgan fingerprint density at radius 3 is 0.875 bits per heavy atom. The fourth-order valence-corrected chi connectivity index (χ4v) is 10.3. The first-order chi connectivity index (χ1) is 35.5. The van der Waals surface area contributed by atoms with Crippen LogP contribution in [0.4, 0.5) is 34.1 Å². The van der Waals surface area contributed by atoms with Crippen LogP contribution in [0, 0.1) is 0 Å². The Morgan fingerprint density at radius 1 is 0.264 bits per heavy atom. The first-order valence-electron chi connectivity index (χ1n) is 24.3. The molecular formula is C68H50N4. The van der Waals surface area contributed by atoms with E-state index in [1.807, 2.05) is 24.3 Å². The minimum Gasteiger partial charge on any atom is -0.310 e. The molecule has 2 heterocycles. The molecule has 0 aliphatic carbocycles. The Kier molecular flexibility index (Phi) is 11.1. The summed E-state index contributed by atoms with van der Waals surface area (Å²) in [5.41, 5.74) is 19.8. The molecule has 10 aromatic carbocycles. The lowest BCUT2D eigenvalue weighted by molar-refractivity contribution is 1.18. The maximum atomic E-state index is 4.02. The van der Waals surface area contributed by atoms with Gasteiger partial charge in [0.15, 0.2) is 0 Å². The van der Waals surface area contributed by atoms with Gasteiger partial charge in [0.05, 0.1) is 22.1 Å². The van der Waals surface area contributed by atoms with Crippen LogP contribution in [-0.4, -0.2) is 9.13 Å². The van der Waals surface area contributed by atoms with Gasteiger partial charge in [0.2, 0.25) is 0 Å². The van der Waals surface area contributed by atoms with E-state index in [0.29, 0.717) is 0 Å². The van der Waals surface area contributed by atoms with Crippen LogP contribution in [0.3, 0.4) is 0 Å². The highest BCUT2D eigenvalue weighted by Gasteiger charge is 2.20. The van der Waals surface area contributed by atoms with E-state index in [1.165, 1.54) is 21.5 Å². The van der Waals surface area contributed by atoms with Crippen molar-refractivity contribution in [2.45, 2.75) is 0 Å². The molecule has 0 N–H and O–H groups in total. The van der Waals surface area contributed by atoms with Crippen LogP contribution in [0.2, 0.25) is 0 Å². The molecule has 0 unspecified atom stereocenters. The third-order valence-electron chi connectivity index (χ3n) is 14.0. The zero-order valence-electron chi connectivity index (χ0n) is 39.9. The van der Waals surface area contributed by atoms with E-state index in [-0.39, 0.29) is 0 Å². The molecule has 0 aliphatic rings. The third-order valence-corrected chi connectivity index (χ3v) is 14.0. The summed E-state index contributed by atoms with van der Waals surface area (Å²) in [6, 6.07) is 83.2. The summed E-state index contributed by atoms with van der Waals surface area (Å²) >= 11 is 0. The summed E-state index contributed by atoms with van der Waals surface area (Å²) in [5.74, 6) is 0. The van der Waals surface area contributed by atoms with E-state index in [9.17, 15) is 0 Å². The molecule has 0 atom stereocenters. The Balaban J connectivity index is 0.910. The number of nitrogens with zero attached hydrogens (tertiary/aromatic N) is 4. The quantitative estimate of drug-likeness (QED) is 0.115. The van der Waals surface area contributed by atoms with Crippen molar-refractivity contribution >= 4 is 102 Å². The maximum Gasteiger partial charge on any atom is 0.0542 e. The standard InChI is InChI=1S/C68H50N4/c1-5-47-17-29-53(30-18-47)69(59-41-43-67-63(45-59)61-13-9-11-15-65(61)71(67)57-33-21-49(7-3)22-34-57)55-37-25-51(26-38-55)52-27-39-56(40-28-52)70(54-31-19-48(6-2)20-32-54)60-42-44-68-64(46-60)62-14-10-12-16-66(62)72(68)58-35-23-50(8-4)24-36-58/h5-46H,1-4H2. The molecule has 12 rings (SSSR count). The second kappa shape index (κ2) is 18.4. The van der Waals surface area contributed by atoms with Gasteiger partial charge in [-0.3, -0.25) is 0 Å². The fourth-order valence-electron chi connectivity index (χ4n) is 10.3. The lowest BCUT2D eigenvalue weighted by Gasteiger charge is -2.26. The first-order valence-corrected chi connectivity index (χ1v) is 24.3. The molecule has 2 aromatic heterocycles. The minimum atomic E-state index is 1.06. The van der Waals surface area contributed by atoms with Gasteiger partial charge in [-0.1, -0.05) is 160 Å². The molecule has 0 saturated heterocycles. The van der Waals surface area contributed by atoms with E-state index in [2.05, 4.69) is 276 Å². The van der Waals surface area contributed by atoms with Crippen LogP contribution in [0.15, 0.2) is 257 Å². The topological polar surface area (TPSA) is 16.3 Å². The average molecular weight is 923 g/mol. The molecule has 0 spiro atoms. The average Bonchev–Trinajstić information content (AvgIpc) is 3.96. The van der Waals surface area contributed by atoms with Gasteiger partial charge in [0.1, 0.15) is 0 Å². The number of hydrogen-bond donors (Lipinski definition) is 0. The van der Waals surface area contributed by atoms with Crippen LogP contribution in [-0.2, 0) is 0 Å². The summed E-state index contributed by atoms with van der Waals surface area (Å²) in [6.07, 6.45) is 7.54. The van der Waals surface area contributed by atoms with Crippen LogP contribution in [0.1, 0.15) is 22.3 Å². The number of para-hydroxylation sites is 2. The van der Waals surface area contributed by atoms with Crippen molar-refractivity contribution < 1.29 is 0 Å². The van der Waals surface area contributed by atoms with Crippen molar-refractivity contribution in [3.63, 3.8) is 0 Å². The number of aromatic nitrogens is 2. The van der Waals surface area contributed by atoms with E-state index >= 15 is 0 Å².